The number of rotatable bonds is 7. The first-order valence-corrected chi connectivity index (χ1v) is 10.5. The first kappa shape index (κ1) is 24.0. The summed E-state index contributed by atoms with van der Waals surface area (Å²) in [6, 6.07) is 4.47. The van der Waals surface area contributed by atoms with Gasteiger partial charge in [0.15, 0.2) is 0 Å². The number of imide groups is 1. The Balaban J connectivity index is 1.78. The van der Waals surface area contributed by atoms with Crippen LogP contribution >= 0.6 is 11.6 Å². The van der Waals surface area contributed by atoms with Crippen LogP contribution in [0.4, 0.5) is 10.5 Å². The van der Waals surface area contributed by atoms with Crippen LogP contribution in [0.1, 0.15) is 33.1 Å². The second-order valence-corrected chi connectivity index (χ2v) is 8.40. The molecule has 2 rings (SSSR count). The molecule has 0 saturated heterocycles. The molecule has 0 bridgehead atoms. The first-order chi connectivity index (χ1) is 14.2. The highest BCUT2D eigenvalue weighted by atomic mass is 35.5. The van der Waals surface area contributed by atoms with Crippen LogP contribution in [-0.4, -0.2) is 56.0 Å². The molecule has 1 aliphatic rings. The third kappa shape index (κ3) is 7.18. The summed E-state index contributed by atoms with van der Waals surface area (Å²) in [7, 11) is 3.12. The van der Waals surface area contributed by atoms with Gasteiger partial charge in [0.25, 0.3) is 0 Å². The summed E-state index contributed by atoms with van der Waals surface area (Å²) in [6.45, 7) is 4.17. The van der Waals surface area contributed by atoms with E-state index in [1.807, 2.05) is 0 Å². The average molecular weight is 439 g/mol. The van der Waals surface area contributed by atoms with Crippen molar-refractivity contribution in [3.05, 3.63) is 23.2 Å². The van der Waals surface area contributed by atoms with E-state index in [1.54, 1.807) is 25.2 Å². The summed E-state index contributed by atoms with van der Waals surface area (Å²) in [5.74, 6) is 0.591. The SMILES string of the molecule is COc1ccc(Cl)cc1NC(=O)CN(C)CC(=O)NC(=O)N[C@H]1CCC[C@@H](C)[C@@H]1C. The van der Waals surface area contributed by atoms with Gasteiger partial charge in [-0.3, -0.25) is 19.8 Å². The minimum Gasteiger partial charge on any atom is -0.495 e. The van der Waals surface area contributed by atoms with Crippen molar-refractivity contribution in [2.24, 2.45) is 11.8 Å². The summed E-state index contributed by atoms with van der Waals surface area (Å²) in [4.78, 5) is 38.1. The number of urea groups is 1. The Kier molecular flexibility index (Phi) is 8.92. The largest absolute Gasteiger partial charge is 0.495 e. The summed E-state index contributed by atoms with van der Waals surface area (Å²) in [5, 5.41) is 8.42. The Morgan fingerprint density at radius 1 is 1.17 bits per heavy atom. The number of halogens is 1. The van der Waals surface area contributed by atoms with Gasteiger partial charge in [-0.25, -0.2) is 4.79 Å². The van der Waals surface area contributed by atoms with E-state index in [9.17, 15) is 14.4 Å². The summed E-state index contributed by atoms with van der Waals surface area (Å²) < 4.78 is 5.20. The smallest absolute Gasteiger partial charge is 0.321 e. The standard InChI is InChI=1S/C21H31ClN4O4/c1-13-6-5-7-16(14(13)2)24-21(29)25-20(28)12-26(3)11-19(27)23-17-10-15(22)8-9-18(17)30-4/h8-10,13-14,16H,5-7,11-12H2,1-4H3,(H,23,27)(H2,24,25,28,29)/t13-,14+,16+/m1/s1. The zero-order valence-corrected chi connectivity index (χ0v) is 18.7. The van der Waals surface area contributed by atoms with E-state index in [4.69, 9.17) is 16.3 Å². The predicted molar refractivity (Wildman–Crippen MR) is 117 cm³/mol. The van der Waals surface area contributed by atoms with Crippen LogP contribution in [0, 0.1) is 11.8 Å². The number of ether oxygens (including phenoxy) is 1. The van der Waals surface area contributed by atoms with Crippen molar-refractivity contribution >= 4 is 35.1 Å². The van der Waals surface area contributed by atoms with E-state index in [0.717, 1.165) is 19.3 Å². The molecule has 0 aliphatic heterocycles. The number of nitrogens with one attached hydrogen (secondary N) is 3. The lowest BCUT2D eigenvalue weighted by molar-refractivity contribution is -0.122. The maximum Gasteiger partial charge on any atom is 0.321 e. The van der Waals surface area contributed by atoms with Crippen molar-refractivity contribution in [2.75, 3.05) is 32.6 Å². The molecule has 1 saturated carbocycles. The Labute approximate surface area is 182 Å². The van der Waals surface area contributed by atoms with Gasteiger partial charge in [0, 0.05) is 11.1 Å². The summed E-state index contributed by atoms with van der Waals surface area (Å²) in [6.07, 6.45) is 3.15. The quantitative estimate of drug-likeness (QED) is 0.607. The number of anilines is 1. The Bertz CT molecular complexity index is 773. The van der Waals surface area contributed by atoms with Crippen molar-refractivity contribution in [1.82, 2.24) is 15.5 Å². The third-order valence-electron chi connectivity index (χ3n) is 5.54. The van der Waals surface area contributed by atoms with E-state index in [-0.39, 0.29) is 25.0 Å². The lowest BCUT2D eigenvalue weighted by Crippen LogP contribution is -2.51. The van der Waals surface area contributed by atoms with Crippen molar-refractivity contribution in [3.8, 4) is 5.75 Å². The van der Waals surface area contributed by atoms with Crippen LogP contribution in [0.2, 0.25) is 5.02 Å². The second kappa shape index (κ2) is 11.2. The summed E-state index contributed by atoms with van der Waals surface area (Å²) >= 11 is 5.96. The maximum absolute atomic E-state index is 12.3. The minimum absolute atomic E-state index is 0.0398. The van der Waals surface area contributed by atoms with Crippen LogP contribution in [0.15, 0.2) is 18.2 Å². The molecule has 4 amide bonds. The van der Waals surface area contributed by atoms with Gasteiger partial charge in [-0.05, 0) is 43.5 Å². The van der Waals surface area contributed by atoms with Crippen molar-refractivity contribution in [1.29, 1.82) is 0 Å². The van der Waals surface area contributed by atoms with Crippen LogP contribution < -0.4 is 20.7 Å². The zero-order valence-electron chi connectivity index (χ0n) is 18.0. The van der Waals surface area contributed by atoms with Gasteiger partial charge < -0.3 is 15.4 Å². The molecule has 1 aromatic carbocycles. The number of carbonyl (C=O) groups is 3. The third-order valence-corrected chi connectivity index (χ3v) is 5.77. The molecule has 0 aromatic heterocycles. The van der Waals surface area contributed by atoms with Gasteiger partial charge in [0.1, 0.15) is 5.75 Å². The van der Waals surface area contributed by atoms with Crippen LogP contribution in [0.25, 0.3) is 0 Å². The lowest BCUT2D eigenvalue weighted by atomic mass is 9.78. The van der Waals surface area contributed by atoms with Crippen molar-refractivity contribution in [3.63, 3.8) is 0 Å². The number of likely N-dealkylation sites (N-methyl/N-ethyl adjacent to an activating group) is 1. The monoisotopic (exact) mass is 438 g/mol. The molecular weight excluding hydrogens is 408 g/mol. The molecule has 8 nitrogen and oxygen atoms in total. The number of hydrogen-bond acceptors (Lipinski definition) is 5. The highest BCUT2D eigenvalue weighted by Gasteiger charge is 2.28. The van der Waals surface area contributed by atoms with Crippen molar-refractivity contribution < 1.29 is 19.1 Å². The zero-order chi connectivity index (χ0) is 22.3. The maximum atomic E-state index is 12.3. The van der Waals surface area contributed by atoms with E-state index in [0.29, 0.717) is 28.3 Å². The number of nitrogens with zero attached hydrogens (tertiary/aromatic N) is 1. The van der Waals surface area contributed by atoms with Gasteiger partial charge in [-0.15, -0.1) is 0 Å². The predicted octanol–water partition coefficient (Wildman–Crippen LogP) is 2.87. The lowest BCUT2D eigenvalue weighted by Gasteiger charge is -2.34. The van der Waals surface area contributed by atoms with Gasteiger partial charge >= 0.3 is 6.03 Å². The highest BCUT2D eigenvalue weighted by molar-refractivity contribution is 6.31. The molecular formula is C21H31ClN4O4. The fourth-order valence-corrected chi connectivity index (χ4v) is 3.84. The van der Waals surface area contributed by atoms with Gasteiger partial charge in [0.2, 0.25) is 11.8 Å². The second-order valence-electron chi connectivity index (χ2n) is 7.96. The molecule has 0 spiro atoms. The number of benzene rings is 1. The Hall–Kier alpha value is -2.32. The van der Waals surface area contributed by atoms with Gasteiger partial charge in [0.05, 0.1) is 25.9 Å². The average Bonchev–Trinajstić information content (AvgIpc) is 2.65. The fourth-order valence-electron chi connectivity index (χ4n) is 3.67. The van der Waals surface area contributed by atoms with E-state index < -0.39 is 11.9 Å². The number of hydrogen-bond donors (Lipinski definition) is 3. The molecule has 1 aliphatic carbocycles. The van der Waals surface area contributed by atoms with Crippen LogP contribution in [0.5, 0.6) is 5.75 Å². The van der Waals surface area contributed by atoms with Crippen molar-refractivity contribution in [2.45, 2.75) is 39.2 Å². The van der Waals surface area contributed by atoms with E-state index in [2.05, 4.69) is 29.8 Å². The molecule has 166 valence electrons. The molecule has 0 unspecified atom stereocenters. The van der Waals surface area contributed by atoms with E-state index in [1.165, 1.54) is 12.0 Å². The van der Waals surface area contributed by atoms with Crippen LogP contribution in [-0.2, 0) is 9.59 Å². The van der Waals surface area contributed by atoms with Gasteiger partial charge in [-0.1, -0.05) is 38.3 Å². The molecule has 1 aromatic rings. The molecule has 3 N–H and O–H groups in total. The first-order valence-electron chi connectivity index (χ1n) is 10.1. The molecule has 0 heterocycles. The molecule has 30 heavy (non-hydrogen) atoms. The molecule has 0 radical (unpaired) electrons. The number of carbonyl (C=O) groups excluding carboxylic acids is 3. The van der Waals surface area contributed by atoms with E-state index >= 15 is 0 Å². The Morgan fingerprint density at radius 2 is 1.87 bits per heavy atom. The van der Waals surface area contributed by atoms with Gasteiger partial charge in [-0.2, -0.15) is 0 Å². The number of methoxy groups -OCH3 is 1. The topological polar surface area (TPSA) is 99.8 Å². The van der Waals surface area contributed by atoms with Crippen LogP contribution in [0.3, 0.4) is 0 Å². The normalized spacial score (nSPS) is 21.1. The fraction of sp³-hybridized carbons (Fsp3) is 0.571. The molecule has 1 fully saturated rings. The Morgan fingerprint density at radius 3 is 2.57 bits per heavy atom. The number of amides is 4. The summed E-state index contributed by atoms with van der Waals surface area (Å²) in [5.41, 5.74) is 0.447. The molecule has 9 heteroatoms. The molecule has 3 atom stereocenters. The minimum atomic E-state index is -0.493. The highest BCUT2D eigenvalue weighted by Crippen LogP contribution is 2.29.